The van der Waals surface area contributed by atoms with Crippen molar-refractivity contribution in [2.45, 2.75) is 6.92 Å². The summed E-state index contributed by atoms with van der Waals surface area (Å²) < 4.78 is 0.286. The van der Waals surface area contributed by atoms with Crippen LogP contribution in [-0.2, 0) is 0 Å². The Morgan fingerprint density at radius 1 is 0.714 bits per heavy atom. The van der Waals surface area contributed by atoms with Gasteiger partial charge in [0.25, 0.3) is 0 Å². The van der Waals surface area contributed by atoms with Crippen LogP contribution in [0.2, 0.25) is 0 Å². The first-order chi connectivity index (χ1) is 10.0. The van der Waals surface area contributed by atoms with E-state index in [-0.39, 0.29) is 10.4 Å². The predicted molar refractivity (Wildman–Crippen MR) is 84.5 cm³/mol. The molecule has 2 nitrogen and oxygen atoms in total. The number of allylic oxidation sites excluding steroid dienone is 3. The minimum Gasteiger partial charge on any atom is -0.830 e. The lowest BCUT2D eigenvalue weighted by Crippen LogP contribution is -2.39. The average molecular weight is 277 g/mol. The molecule has 0 saturated carbocycles. The molecule has 2 aromatic carbocycles. The second kappa shape index (κ2) is 4.90. The normalized spacial score (nSPS) is 17.5. The first kappa shape index (κ1) is 13.7. The third-order valence-corrected chi connectivity index (χ3v) is 4.30. The van der Waals surface area contributed by atoms with Gasteiger partial charge in [-0.05, 0) is 11.1 Å². The fourth-order valence-electron chi connectivity index (χ4n) is 2.83. The van der Waals surface area contributed by atoms with E-state index in [1.54, 1.807) is 0 Å². The molecule has 0 aromatic heterocycles. The highest BCUT2D eigenvalue weighted by molar-refractivity contribution is 6.07. The molecule has 1 aliphatic heterocycles. The lowest BCUT2D eigenvalue weighted by atomic mass is 9.93. The fourth-order valence-corrected chi connectivity index (χ4v) is 2.83. The monoisotopic (exact) mass is 277 g/mol. The van der Waals surface area contributed by atoms with Crippen molar-refractivity contribution < 1.29 is 9.59 Å². The molecule has 2 aromatic rings. The van der Waals surface area contributed by atoms with Gasteiger partial charge in [0.05, 0.1) is 25.6 Å². The molecule has 0 saturated heterocycles. The summed E-state index contributed by atoms with van der Waals surface area (Å²) in [6, 6.07) is 20.1. The van der Waals surface area contributed by atoms with E-state index in [1.165, 1.54) is 0 Å². The molecule has 0 unspecified atom stereocenters. The SMILES string of the molecule is CC1=C(c2ccccc2)C(c2ccccc2)=C([O-])[N+]1(C)C. The fraction of sp³-hybridized carbons (Fsp3) is 0.158. The van der Waals surface area contributed by atoms with E-state index in [0.717, 1.165) is 28.0 Å². The van der Waals surface area contributed by atoms with Gasteiger partial charge in [0.2, 0.25) is 0 Å². The zero-order chi connectivity index (χ0) is 15.0. The second-order valence-electron chi connectivity index (χ2n) is 5.83. The van der Waals surface area contributed by atoms with Crippen molar-refractivity contribution in [1.29, 1.82) is 0 Å². The van der Waals surface area contributed by atoms with Gasteiger partial charge in [-0.25, -0.2) is 0 Å². The molecule has 0 spiro atoms. The standard InChI is InChI=1S/C19H19NO/c1-14-17(15-10-6-4-7-11-15)18(19(21)20(14,2)3)16-12-8-5-9-13-16/h4-13H,1-3H3. The van der Waals surface area contributed by atoms with Crippen molar-refractivity contribution in [3.63, 3.8) is 0 Å². The van der Waals surface area contributed by atoms with Gasteiger partial charge in [-0.3, -0.25) is 4.48 Å². The minimum atomic E-state index is 0.151. The number of nitrogens with zero attached hydrogens (tertiary/aromatic N) is 1. The summed E-state index contributed by atoms with van der Waals surface area (Å²) in [6.45, 7) is 2.05. The van der Waals surface area contributed by atoms with E-state index in [1.807, 2.05) is 62.6 Å². The Balaban J connectivity index is 2.27. The first-order valence-electron chi connectivity index (χ1n) is 7.12. The molecule has 0 radical (unpaired) electrons. The highest BCUT2D eigenvalue weighted by Crippen LogP contribution is 2.44. The van der Waals surface area contributed by atoms with Crippen molar-refractivity contribution in [2.75, 3.05) is 14.1 Å². The van der Waals surface area contributed by atoms with Crippen LogP contribution in [0.3, 0.4) is 0 Å². The molecule has 3 rings (SSSR count). The van der Waals surface area contributed by atoms with Gasteiger partial charge in [-0.1, -0.05) is 60.7 Å². The largest absolute Gasteiger partial charge is 0.830 e. The number of hydrogen-bond acceptors (Lipinski definition) is 1. The van der Waals surface area contributed by atoms with Gasteiger partial charge >= 0.3 is 0 Å². The Morgan fingerprint density at radius 3 is 1.62 bits per heavy atom. The molecule has 0 amide bonds. The molecule has 1 heterocycles. The summed E-state index contributed by atoms with van der Waals surface area (Å²) in [5.41, 5.74) is 5.07. The molecule has 106 valence electrons. The Labute approximate surface area is 125 Å². The van der Waals surface area contributed by atoms with Crippen LogP contribution < -0.4 is 5.11 Å². The van der Waals surface area contributed by atoms with E-state index in [9.17, 15) is 5.11 Å². The molecule has 0 N–H and O–H groups in total. The number of benzene rings is 2. The zero-order valence-electron chi connectivity index (χ0n) is 12.6. The van der Waals surface area contributed by atoms with Crippen molar-refractivity contribution in [3.8, 4) is 0 Å². The van der Waals surface area contributed by atoms with Crippen LogP contribution in [0, 0.1) is 0 Å². The summed E-state index contributed by atoms with van der Waals surface area (Å²) in [5.74, 6) is 0.151. The number of hydrogen-bond donors (Lipinski definition) is 0. The van der Waals surface area contributed by atoms with Crippen LogP contribution in [-0.4, -0.2) is 18.6 Å². The molecular formula is C19H19NO. The zero-order valence-corrected chi connectivity index (χ0v) is 12.6. The van der Waals surface area contributed by atoms with Gasteiger partial charge in [0.1, 0.15) is 5.70 Å². The quantitative estimate of drug-likeness (QED) is 0.773. The van der Waals surface area contributed by atoms with E-state index in [4.69, 9.17) is 0 Å². The Hall–Kier alpha value is -2.32. The van der Waals surface area contributed by atoms with Gasteiger partial charge in [-0.15, -0.1) is 0 Å². The van der Waals surface area contributed by atoms with Crippen LogP contribution in [0.4, 0.5) is 0 Å². The lowest BCUT2D eigenvalue weighted by molar-refractivity contribution is -0.862. The average Bonchev–Trinajstić information content (AvgIpc) is 2.69. The molecule has 21 heavy (non-hydrogen) atoms. The molecule has 1 aliphatic rings. The van der Waals surface area contributed by atoms with Gasteiger partial charge in [-0.2, -0.15) is 0 Å². The van der Waals surface area contributed by atoms with E-state index in [0.29, 0.717) is 0 Å². The molecule has 0 aliphatic carbocycles. The van der Waals surface area contributed by atoms with Crippen LogP contribution in [0.15, 0.2) is 72.2 Å². The Bertz CT molecular complexity index is 661. The van der Waals surface area contributed by atoms with Crippen LogP contribution in [0.5, 0.6) is 0 Å². The van der Waals surface area contributed by atoms with Crippen LogP contribution in [0.1, 0.15) is 18.1 Å². The predicted octanol–water partition coefficient (Wildman–Crippen LogP) is 3.24. The summed E-state index contributed by atoms with van der Waals surface area (Å²) in [7, 11) is 3.91. The van der Waals surface area contributed by atoms with Gasteiger partial charge in [0, 0.05) is 12.5 Å². The number of quaternary nitrogens is 1. The van der Waals surface area contributed by atoms with E-state index >= 15 is 0 Å². The summed E-state index contributed by atoms with van der Waals surface area (Å²) in [6.07, 6.45) is 0. The molecule has 0 bridgehead atoms. The smallest absolute Gasteiger partial charge is 0.118 e. The third kappa shape index (κ3) is 2.08. The Morgan fingerprint density at radius 2 is 1.14 bits per heavy atom. The molecule has 0 fully saturated rings. The second-order valence-corrected chi connectivity index (χ2v) is 5.83. The van der Waals surface area contributed by atoms with Gasteiger partial charge in [0.15, 0.2) is 0 Å². The highest BCUT2D eigenvalue weighted by Gasteiger charge is 2.35. The summed E-state index contributed by atoms with van der Waals surface area (Å²) in [5, 5.41) is 12.9. The maximum absolute atomic E-state index is 12.9. The minimum absolute atomic E-state index is 0.151. The first-order valence-corrected chi connectivity index (χ1v) is 7.12. The van der Waals surface area contributed by atoms with E-state index in [2.05, 4.69) is 19.1 Å². The van der Waals surface area contributed by atoms with Crippen molar-refractivity contribution in [2.24, 2.45) is 0 Å². The van der Waals surface area contributed by atoms with E-state index < -0.39 is 0 Å². The Kier molecular flexibility index (Phi) is 3.19. The topological polar surface area (TPSA) is 23.1 Å². The maximum Gasteiger partial charge on any atom is 0.118 e. The van der Waals surface area contributed by atoms with Crippen molar-refractivity contribution >= 4 is 11.1 Å². The van der Waals surface area contributed by atoms with Gasteiger partial charge < -0.3 is 5.11 Å². The van der Waals surface area contributed by atoms with Crippen molar-refractivity contribution in [3.05, 3.63) is 83.4 Å². The molecule has 2 heteroatoms. The maximum atomic E-state index is 12.9. The molecule has 0 atom stereocenters. The summed E-state index contributed by atoms with van der Waals surface area (Å²) >= 11 is 0. The van der Waals surface area contributed by atoms with Crippen molar-refractivity contribution in [1.82, 2.24) is 0 Å². The lowest BCUT2D eigenvalue weighted by Gasteiger charge is -2.31. The summed E-state index contributed by atoms with van der Waals surface area (Å²) in [4.78, 5) is 0. The number of rotatable bonds is 2. The third-order valence-electron chi connectivity index (χ3n) is 4.30. The van der Waals surface area contributed by atoms with Crippen LogP contribution >= 0.6 is 0 Å². The highest BCUT2D eigenvalue weighted by atomic mass is 16.3. The molecular weight excluding hydrogens is 258 g/mol. The van der Waals surface area contributed by atoms with Crippen LogP contribution in [0.25, 0.3) is 11.1 Å².